The lowest BCUT2D eigenvalue weighted by molar-refractivity contribution is -0.0501. The van der Waals surface area contributed by atoms with Crippen molar-refractivity contribution in [3.05, 3.63) is 66.4 Å². The van der Waals surface area contributed by atoms with Gasteiger partial charge >= 0.3 is 6.61 Å². The number of ether oxygens (including phenoxy) is 1. The SMILES string of the molecule is CC(NC(=O)c1ccccc1OC(F)F)c1nccnc1-c1ncccn1. The number of hydrogen-bond donors (Lipinski definition) is 1. The zero-order chi connectivity index (χ0) is 19.2. The van der Waals surface area contributed by atoms with Gasteiger partial charge in [-0.3, -0.25) is 9.78 Å². The molecule has 27 heavy (non-hydrogen) atoms. The first-order valence-electron chi connectivity index (χ1n) is 7.99. The molecule has 0 spiro atoms. The Labute approximate surface area is 153 Å². The van der Waals surface area contributed by atoms with Crippen molar-refractivity contribution in [1.29, 1.82) is 0 Å². The third kappa shape index (κ3) is 4.38. The lowest BCUT2D eigenvalue weighted by atomic mass is 10.1. The number of alkyl halides is 2. The fourth-order valence-electron chi connectivity index (χ4n) is 2.46. The van der Waals surface area contributed by atoms with Crippen LogP contribution in [0.1, 0.15) is 29.0 Å². The van der Waals surface area contributed by atoms with Gasteiger partial charge in [-0.1, -0.05) is 12.1 Å². The Kier molecular flexibility index (Phi) is 5.60. The number of rotatable bonds is 6. The van der Waals surface area contributed by atoms with E-state index in [0.717, 1.165) is 0 Å². The van der Waals surface area contributed by atoms with Gasteiger partial charge < -0.3 is 10.1 Å². The zero-order valence-corrected chi connectivity index (χ0v) is 14.2. The number of nitrogens with one attached hydrogen (secondary N) is 1. The van der Waals surface area contributed by atoms with Crippen LogP contribution < -0.4 is 10.1 Å². The molecule has 0 bridgehead atoms. The molecule has 0 saturated carbocycles. The molecule has 1 N–H and O–H groups in total. The predicted octanol–water partition coefficient (Wildman–Crippen LogP) is 3.03. The van der Waals surface area contributed by atoms with E-state index in [1.165, 1.54) is 30.6 Å². The van der Waals surface area contributed by atoms with Crippen molar-refractivity contribution in [2.24, 2.45) is 0 Å². The number of hydrogen-bond acceptors (Lipinski definition) is 6. The van der Waals surface area contributed by atoms with E-state index in [1.807, 2.05) is 0 Å². The van der Waals surface area contributed by atoms with Gasteiger partial charge in [-0.2, -0.15) is 8.78 Å². The highest BCUT2D eigenvalue weighted by Crippen LogP contribution is 2.24. The minimum absolute atomic E-state index is 0.00829. The van der Waals surface area contributed by atoms with Crippen molar-refractivity contribution in [1.82, 2.24) is 25.3 Å². The predicted molar refractivity (Wildman–Crippen MR) is 92.0 cm³/mol. The molecule has 9 heteroatoms. The highest BCUT2D eigenvalue weighted by Gasteiger charge is 2.21. The van der Waals surface area contributed by atoms with E-state index < -0.39 is 18.6 Å². The van der Waals surface area contributed by atoms with Crippen LogP contribution in [0, 0.1) is 0 Å². The molecule has 0 saturated heterocycles. The minimum Gasteiger partial charge on any atom is -0.434 e. The number of amides is 1. The van der Waals surface area contributed by atoms with Crippen LogP contribution in [0.2, 0.25) is 0 Å². The van der Waals surface area contributed by atoms with E-state index in [9.17, 15) is 13.6 Å². The summed E-state index contributed by atoms with van der Waals surface area (Å²) in [5.41, 5.74) is 0.860. The number of halogens is 2. The Bertz CT molecular complexity index is 924. The Morgan fingerprint density at radius 1 is 1.00 bits per heavy atom. The molecule has 1 atom stereocenters. The third-order valence-corrected chi connectivity index (χ3v) is 3.61. The number of benzene rings is 1. The summed E-state index contributed by atoms with van der Waals surface area (Å²) in [5, 5.41) is 2.71. The largest absolute Gasteiger partial charge is 0.434 e. The Hall–Kier alpha value is -3.49. The van der Waals surface area contributed by atoms with Gasteiger partial charge in [0, 0.05) is 24.8 Å². The molecule has 2 heterocycles. The standard InChI is InChI=1S/C18H15F2N5O2/c1-11(14-15(22-10-9-21-14)16-23-7-4-8-24-16)25-17(26)12-5-2-3-6-13(12)27-18(19)20/h2-11,18H,1H3,(H,25,26). The van der Waals surface area contributed by atoms with Crippen molar-refractivity contribution in [3.63, 3.8) is 0 Å². The molecule has 1 unspecified atom stereocenters. The van der Waals surface area contributed by atoms with Gasteiger partial charge in [0.25, 0.3) is 5.91 Å². The van der Waals surface area contributed by atoms with Crippen LogP contribution in [0.25, 0.3) is 11.5 Å². The van der Waals surface area contributed by atoms with Gasteiger partial charge in [0.2, 0.25) is 0 Å². The summed E-state index contributed by atoms with van der Waals surface area (Å²) in [6.45, 7) is -1.33. The second-order valence-electron chi connectivity index (χ2n) is 5.43. The van der Waals surface area contributed by atoms with Crippen molar-refractivity contribution >= 4 is 5.91 Å². The van der Waals surface area contributed by atoms with Crippen molar-refractivity contribution in [3.8, 4) is 17.3 Å². The lowest BCUT2D eigenvalue weighted by Crippen LogP contribution is -2.28. The van der Waals surface area contributed by atoms with E-state index in [-0.39, 0.29) is 11.3 Å². The first kappa shape index (κ1) is 18.3. The Morgan fingerprint density at radius 2 is 1.70 bits per heavy atom. The van der Waals surface area contributed by atoms with E-state index >= 15 is 0 Å². The summed E-state index contributed by atoms with van der Waals surface area (Å²) in [5.74, 6) is -0.421. The van der Waals surface area contributed by atoms with Crippen LogP contribution in [0.4, 0.5) is 8.78 Å². The summed E-state index contributed by atoms with van der Waals surface area (Å²) in [7, 11) is 0. The van der Waals surface area contributed by atoms with Crippen LogP contribution in [0.3, 0.4) is 0 Å². The van der Waals surface area contributed by atoms with Gasteiger partial charge in [0.1, 0.15) is 11.4 Å². The number of aromatic nitrogens is 4. The highest BCUT2D eigenvalue weighted by molar-refractivity contribution is 5.97. The van der Waals surface area contributed by atoms with Crippen LogP contribution in [-0.2, 0) is 0 Å². The second-order valence-corrected chi connectivity index (χ2v) is 5.43. The fraction of sp³-hybridized carbons (Fsp3) is 0.167. The van der Waals surface area contributed by atoms with E-state index in [4.69, 9.17) is 0 Å². The minimum atomic E-state index is -3.03. The molecule has 0 aliphatic rings. The summed E-state index contributed by atoms with van der Waals surface area (Å²) in [6.07, 6.45) is 6.12. The van der Waals surface area contributed by atoms with Gasteiger partial charge in [-0.05, 0) is 25.1 Å². The molecule has 3 aromatic rings. The summed E-state index contributed by atoms with van der Waals surface area (Å²) < 4.78 is 29.5. The molecule has 0 fully saturated rings. The van der Waals surface area contributed by atoms with Gasteiger partial charge in [-0.25, -0.2) is 15.0 Å². The van der Waals surface area contributed by atoms with E-state index in [2.05, 4.69) is 30.0 Å². The van der Waals surface area contributed by atoms with Gasteiger partial charge in [0.05, 0.1) is 17.3 Å². The van der Waals surface area contributed by atoms with Crippen LogP contribution in [0.5, 0.6) is 5.75 Å². The summed E-state index contributed by atoms with van der Waals surface area (Å²) >= 11 is 0. The molecule has 0 aliphatic carbocycles. The average Bonchev–Trinajstić information content (AvgIpc) is 2.68. The normalized spacial score (nSPS) is 11.9. The molecule has 0 aliphatic heterocycles. The third-order valence-electron chi connectivity index (χ3n) is 3.61. The van der Waals surface area contributed by atoms with Crippen LogP contribution >= 0.6 is 0 Å². The second kappa shape index (κ2) is 8.26. The quantitative estimate of drug-likeness (QED) is 0.716. The van der Waals surface area contributed by atoms with E-state index in [1.54, 1.807) is 31.5 Å². The van der Waals surface area contributed by atoms with Crippen LogP contribution in [0.15, 0.2) is 55.1 Å². The number of carbonyl (C=O) groups is 1. The zero-order valence-electron chi connectivity index (χ0n) is 14.2. The topological polar surface area (TPSA) is 89.9 Å². The number of para-hydroxylation sites is 1. The average molecular weight is 371 g/mol. The Morgan fingerprint density at radius 3 is 2.44 bits per heavy atom. The molecular formula is C18H15F2N5O2. The maximum atomic E-state index is 12.6. The molecule has 3 rings (SSSR count). The smallest absolute Gasteiger partial charge is 0.387 e. The lowest BCUT2D eigenvalue weighted by Gasteiger charge is -2.17. The number of carbonyl (C=O) groups excluding carboxylic acids is 1. The molecule has 2 aromatic heterocycles. The molecular weight excluding hydrogens is 356 g/mol. The Balaban J connectivity index is 1.85. The monoisotopic (exact) mass is 371 g/mol. The van der Waals surface area contributed by atoms with Crippen molar-refractivity contribution in [2.75, 3.05) is 0 Å². The summed E-state index contributed by atoms with van der Waals surface area (Å²) in [6, 6.07) is 6.86. The maximum absolute atomic E-state index is 12.6. The maximum Gasteiger partial charge on any atom is 0.387 e. The molecule has 1 amide bonds. The fourth-order valence-corrected chi connectivity index (χ4v) is 2.46. The van der Waals surface area contributed by atoms with Crippen molar-refractivity contribution < 1.29 is 18.3 Å². The molecule has 0 radical (unpaired) electrons. The van der Waals surface area contributed by atoms with E-state index in [0.29, 0.717) is 17.2 Å². The van der Waals surface area contributed by atoms with Crippen LogP contribution in [-0.4, -0.2) is 32.5 Å². The molecule has 7 nitrogen and oxygen atoms in total. The highest BCUT2D eigenvalue weighted by atomic mass is 19.3. The number of nitrogens with zero attached hydrogens (tertiary/aromatic N) is 4. The summed E-state index contributed by atoms with van der Waals surface area (Å²) in [4.78, 5) is 29.4. The first-order chi connectivity index (χ1) is 13.1. The molecule has 1 aromatic carbocycles. The van der Waals surface area contributed by atoms with Gasteiger partial charge in [-0.15, -0.1) is 0 Å². The van der Waals surface area contributed by atoms with Crippen molar-refractivity contribution in [2.45, 2.75) is 19.6 Å². The molecule has 138 valence electrons. The first-order valence-corrected chi connectivity index (χ1v) is 7.99. The van der Waals surface area contributed by atoms with Gasteiger partial charge in [0.15, 0.2) is 5.82 Å².